The molecule has 1 amide bonds. The molecule has 1 aliphatic rings. The first-order valence-electron chi connectivity index (χ1n) is 12.8. The number of rotatable bonds is 6. The predicted octanol–water partition coefficient (Wildman–Crippen LogP) is 7.08. The van der Waals surface area contributed by atoms with E-state index in [0.717, 1.165) is 42.2 Å². The maximum Gasteiger partial charge on any atom is 0.229 e. The van der Waals surface area contributed by atoms with Gasteiger partial charge < -0.3 is 9.64 Å². The van der Waals surface area contributed by atoms with Crippen LogP contribution in [0.2, 0.25) is 0 Å². The van der Waals surface area contributed by atoms with Gasteiger partial charge in [0.15, 0.2) is 0 Å². The molecular formula is C30H44FNO3S. The van der Waals surface area contributed by atoms with Crippen molar-refractivity contribution in [1.29, 1.82) is 0 Å². The van der Waals surface area contributed by atoms with Crippen LogP contribution in [0.5, 0.6) is 5.75 Å². The number of nitrogens with zero attached hydrogens (tertiary/aromatic N) is 1. The summed E-state index contributed by atoms with van der Waals surface area (Å²) in [5.74, 6) is 5.26. The van der Waals surface area contributed by atoms with Crippen molar-refractivity contribution in [1.82, 2.24) is 0 Å². The molecule has 0 aromatic heterocycles. The number of hydrogen-bond donors (Lipinski definition) is 0. The Labute approximate surface area is 218 Å². The minimum atomic E-state index is -2.02. The van der Waals surface area contributed by atoms with E-state index in [-0.39, 0.29) is 11.8 Å². The van der Waals surface area contributed by atoms with Gasteiger partial charge in [0.2, 0.25) is 5.91 Å². The van der Waals surface area contributed by atoms with E-state index in [1.54, 1.807) is 30.2 Å². The van der Waals surface area contributed by atoms with Crippen molar-refractivity contribution >= 4 is 27.0 Å². The number of carbonyl (C=O) groups excluding carboxylic acids is 1. The molecular weight excluding hydrogens is 473 g/mol. The van der Waals surface area contributed by atoms with Gasteiger partial charge in [0, 0.05) is 29.8 Å². The molecule has 4 unspecified atom stereocenters. The predicted molar refractivity (Wildman–Crippen MR) is 152 cm³/mol. The van der Waals surface area contributed by atoms with E-state index in [2.05, 4.69) is 12.8 Å². The van der Waals surface area contributed by atoms with E-state index in [4.69, 9.17) is 4.74 Å². The van der Waals surface area contributed by atoms with Crippen molar-refractivity contribution in [2.45, 2.75) is 83.4 Å². The summed E-state index contributed by atoms with van der Waals surface area (Å²) in [6.07, 6.45) is 6.57. The monoisotopic (exact) mass is 517 g/mol. The van der Waals surface area contributed by atoms with Gasteiger partial charge in [0.25, 0.3) is 0 Å². The first kappa shape index (κ1) is 29.9. The second-order valence-electron chi connectivity index (χ2n) is 10.8. The van der Waals surface area contributed by atoms with Gasteiger partial charge in [-0.3, -0.25) is 9.00 Å². The van der Waals surface area contributed by atoms with Gasteiger partial charge in [-0.2, -0.15) is 0 Å². The highest BCUT2D eigenvalue weighted by molar-refractivity contribution is 7.99. The van der Waals surface area contributed by atoms with Gasteiger partial charge in [-0.25, -0.2) is 4.39 Å². The summed E-state index contributed by atoms with van der Waals surface area (Å²) in [5, 5.41) is 0. The lowest BCUT2D eigenvalue weighted by Crippen LogP contribution is -2.34. The van der Waals surface area contributed by atoms with Crippen molar-refractivity contribution in [3.8, 4) is 5.75 Å². The quantitative estimate of drug-likeness (QED) is 0.304. The Kier molecular flexibility index (Phi) is 10.6. The average Bonchev–Trinajstić information content (AvgIpc) is 3.02. The molecule has 200 valence electrons. The fourth-order valence-electron chi connectivity index (χ4n) is 4.05. The molecule has 36 heavy (non-hydrogen) atoms. The Bertz CT molecular complexity index is 1070. The Morgan fingerprint density at radius 2 is 1.67 bits per heavy atom. The van der Waals surface area contributed by atoms with E-state index in [1.807, 2.05) is 50.4 Å². The summed E-state index contributed by atoms with van der Waals surface area (Å²) >= 11 is 0. The Morgan fingerprint density at radius 3 is 2.19 bits per heavy atom. The summed E-state index contributed by atoms with van der Waals surface area (Å²) in [7, 11) is -0.186. The van der Waals surface area contributed by atoms with Crippen molar-refractivity contribution in [3.63, 3.8) is 0 Å². The molecule has 0 saturated heterocycles. The van der Waals surface area contributed by atoms with Gasteiger partial charge in [-0.15, -0.1) is 0 Å². The number of alkyl halides is 1. The Morgan fingerprint density at radius 1 is 1.08 bits per heavy atom. The first-order chi connectivity index (χ1) is 16.7. The van der Waals surface area contributed by atoms with Gasteiger partial charge in [-0.1, -0.05) is 37.5 Å². The molecule has 4 nitrogen and oxygen atoms in total. The van der Waals surface area contributed by atoms with E-state index in [1.165, 1.54) is 25.8 Å². The molecule has 0 N–H and O–H groups in total. The molecule has 6 heteroatoms. The van der Waals surface area contributed by atoms with Gasteiger partial charge >= 0.3 is 0 Å². The van der Waals surface area contributed by atoms with Crippen LogP contribution >= 0.6 is 0 Å². The lowest BCUT2D eigenvalue weighted by molar-refractivity contribution is -0.122. The number of amides is 1. The lowest BCUT2D eigenvalue weighted by Gasteiger charge is -2.25. The Hall–Kier alpha value is -2.34. The number of carbonyl (C=O) groups is 1. The van der Waals surface area contributed by atoms with E-state index < -0.39 is 21.3 Å². The zero-order valence-electron chi connectivity index (χ0n) is 23.1. The SMILES string of the molecule is C=S(C)(=O)c1ccc(C)cc1.CC1CCCC(C(=O)N(C)c2ccc(OC(C)C(C)(C)F)cc2)CC1. The van der Waals surface area contributed by atoms with Crippen LogP contribution in [-0.4, -0.2) is 41.1 Å². The van der Waals surface area contributed by atoms with Crippen molar-refractivity contribution in [3.05, 3.63) is 54.1 Å². The maximum absolute atomic E-state index is 13.9. The first-order valence-corrected chi connectivity index (χ1v) is 14.9. The van der Waals surface area contributed by atoms with Crippen molar-refractivity contribution in [2.24, 2.45) is 11.8 Å². The minimum absolute atomic E-state index is 0.123. The molecule has 0 radical (unpaired) electrons. The number of ether oxygens (including phenoxy) is 1. The van der Waals surface area contributed by atoms with E-state index in [0.29, 0.717) is 5.75 Å². The molecule has 1 aliphatic carbocycles. The van der Waals surface area contributed by atoms with Crippen LogP contribution in [0, 0.1) is 18.8 Å². The highest BCUT2D eigenvalue weighted by Gasteiger charge is 2.27. The molecule has 2 aromatic carbocycles. The van der Waals surface area contributed by atoms with Crippen LogP contribution in [-0.2, 0) is 14.3 Å². The molecule has 0 heterocycles. The molecule has 1 fully saturated rings. The van der Waals surface area contributed by atoms with Gasteiger partial charge in [0.05, 0.1) is 0 Å². The second kappa shape index (κ2) is 12.8. The molecule has 2 aromatic rings. The fraction of sp³-hybridized carbons (Fsp3) is 0.533. The zero-order valence-corrected chi connectivity index (χ0v) is 23.9. The lowest BCUT2D eigenvalue weighted by atomic mass is 9.97. The summed E-state index contributed by atoms with van der Waals surface area (Å²) in [5.41, 5.74) is 0.626. The number of halogens is 1. The molecule has 0 spiro atoms. The molecule has 0 aliphatic heterocycles. The summed E-state index contributed by atoms with van der Waals surface area (Å²) in [6, 6.07) is 15.0. The minimum Gasteiger partial charge on any atom is -0.487 e. The average molecular weight is 518 g/mol. The van der Waals surface area contributed by atoms with Crippen LogP contribution in [0.3, 0.4) is 0 Å². The van der Waals surface area contributed by atoms with Crippen LogP contribution in [0.1, 0.15) is 65.4 Å². The second-order valence-corrected chi connectivity index (χ2v) is 13.3. The third-order valence-electron chi connectivity index (χ3n) is 6.96. The summed E-state index contributed by atoms with van der Waals surface area (Å²) in [6.45, 7) is 9.01. The highest BCUT2D eigenvalue weighted by Crippen LogP contribution is 2.30. The smallest absolute Gasteiger partial charge is 0.229 e. The van der Waals surface area contributed by atoms with E-state index >= 15 is 0 Å². The third kappa shape index (κ3) is 9.27. The maximum atomic E-state index is 13.9. The van der Waals surface area contributed by atoms with E-state index in [9.17, 15) is 13.4 Å². The van der Waals surface area contributed by atoms with Gasteiger partial charge in [-0.05, 0) is 105 Å². The summed E-state index contributed by atoms with van der Waals surface area (Å²) < 4.78 is 30.9. The number of benzene rings is 2. The molecule has 0 bridgehead atoms. The van der Waals surface area contributed by atoms with Crippen LogP contribution < -0.4 is 9.64 Å². The molecule has 4 atom stereocenters. The summed E-state index contributed by atoms with van der Waals surface area (Å²) in [4.78, 5) is 15.4. The standard InChI is InChI=1S/C21H32FNO2.C9H12OS/c1-15-7-6-8-17(10-9-15)20(24)23(5)18-11-13-19(14-12-18)25-16(2)21(3,4)22;1-8-4-6-9(7-5-8)11(2,3)10/h11-17H,6-10H2,1-5H3;4-7H,2H2,1,3H3. The number of hydrogen-bond acceptors (Lipinski definition) is 3. The number of aryl methyl sites for hydroxylation is 1. The zero-order chi connectivity index (χ0) is 27.1. The third-order valence-corrected chi connectivity index (χ3v) is 8.23. The number of anilines is 1. The van der Waals surface area contributed by atoms with Crippen LogP contribution in [0.25, 0.3) is 0 Å². The van der Waals surface area contributed by atoms with Gasteiger partial charge in [0.1, 0.15) is 17.5 Å². The largest absolute Gasteiger partial charge is 0.487 e. The van der Waals surface area contributed by atoms with Crippen molar-refractivity contribution < 1.29 is 18.1 Å². The van der Waals surface area contributed by atoms with Crippen LogP contribution in [0.4, 0.5) is 10.1 Å². The Balaban J connectivity index is 0.000000346. The van der Waals surface area contributed by atoms with Crippen LogP contribution in [0.15, 0.2) is 53.4 Å². The fourth-order valence-corrected chi connectivity index (χ4v) is 4.77. The van der Waals surface area contributed by atoms with Crippen molar-refractivity contribution in [2.75, 3.05) is 18.2 Å². The molecule has 1 saturated carbocycles. The normalized spacial score (nSPS) is 20.7. The molecule has 3 rings (SSSR count). The highest BCUT2D eigenvalue weighted by atomic mass is 32.2. The topological polar surface area (TPSA) is 46.6 Å².